The molecule has 0 spiro atoms. The molecule has 1 amide bonds. The van der Waals surface area contributed by atoms with Crippen molar-refractivity contribution in [3.8, 4) is 6.01 Å². The maximum Gasteiger partial charge on any atom is 0.318 e. The first-order valence-corrected chi connectivity index (χ1v) is 15.1. The van der Waals surface area contributed by atoms with Gasteiger partial charge >= 0.3 is 6.01 Å². The highest BCUT2D eigenvalue weighted by atomic mass is 35.5. The predicted molar refractivity (Wildman–Crippen MR) is 166 cm³/mol. The van der Waals surface area contributed by atoms with Gasteiger partial charge in [-0.1, -0.05) is 42.4 Å². The lowest BCUT2D eigenvalue weighted by Crippen LogP contribution is -2.57. The number of anilines is 2. The lowest BCUT2D eigenvalue weighted by atomic mass is 10.0. The fourth-order valence-electron chi connectivity index (χ4n) is 6.55. The highest BCUT2D eigenvalue weighted by Gasteiger charge is 2.36. The number of ether oxygens (including phenoxy) is 1. The van der Waals surface area contributed by atoms with Gasteiger partial charge in [0.1, 0.15) is 18.5 Å². The van der Waals surface area contributed by atoms with Crippen LogP contribution >= 0.6 is 11.6 Å². The number of amides is 1. The molecule has 1 aromatic heterocycles. The second-order valence-electron chi connectivity index (χ2n) is 11.5. The van der Waals surface area contributed by atoms with Crippen molar-refractivity contribution in [1.29, 1.82) is 0 Å². The molecule has 4 heterocycles. The Morgan fingerprint density at radius 2 is 1.95 bits per heavy atom. The van der Waals surface area contributed by atoms with Gasteiger partial charge in [0.25, 0.3) is 5.91 Å². The zero-order chi connectivity index (χ0) is 30.1. The lowest BCUT2D eigenvalue weighted by molar-refractivity contribution is -0.131. The van der Waals surface area contributed by atoms with Crippen LogP contribution in [0.2, 0.25) is 5.02 Å². The molecule has 0 unspecified atom stereocenters. The van der Waals surface area contributed by atoms with Crippen LogP contribution in [0, 0.1) is 6.57 Å². The number of carbonyl (C=O) groups excluding carboxylic acids is 1. The fraction of sp³-hybridized carbons (Fsp3) is 0.438. The summed E-state index contributed by atoms with van der Waals surface area (Å²) in [5, 5.41) is 2.81. The first kappa shape index (κ1) is 29.1. The summed E-state index contributed by atoms with van der Waals surface area (Å²) >= 11 is 6.68. The number of carbonyl (C=O) groups is 1. The minimum absolute atomic E-state index is 0.0653. The minimum Gasteiger partial charge on any atom is -0.462 e. The van der Waals surface area contributed by atoms with Gasteiger partial charge in [0.05, 0.1) is 17.3 Å². The number of fused-ring (bicyclic) bond motifs is 2. The molecule has 0 saturated carbocycles. The Balaban J connectivity index is 1.34. The number of likely N-dealkylation sites (N-methyl/N-ethyl adjacent to an activating group) is 1. The van der Waals surface area contributed by atoms with Crippen molar-refractivity contribution >= 4 is 39.8 Å². The summed E-state index contributed by atoms with van der Waals surface area (Å²) in [6, 6.07) is 12.3. The molecular weight excluding hydrogens is 569 g/mol. The molecule has 2 atom stereocenters. The molecular formula is C32H35ClFN7O2. The van der Waals surface area contributed by atoms with Crippen molar-refractivity contribution in [3.05, 3.63) is 76.5 Å². The van der Waals surface area contributed by atoms with Gasteiger partial charge in [-0.15, -0.1) is 0 Å². The summed E-state index contributed by atoms with van der Waals surface area (Å²) in [6.07, 6.45) is 2.91. The monoisotopic (exact) mass is 603 g/mol. The second-order valence-corrected chi connectivity index (χ2v) is 11.9. The van der Waals surface area contributed by atoms with Crippen LogP contribution in [-0.2, 0) is 17.8 Å². The van der Waals surface area contributed by atoms with Crippen molar-refractivity contribution in [1.82, 2.24) is 19.8 Å². The molecule has 11 heteroatoms. The predicted octanol–water partition coefficient (Wildman–Crippen LogP) is 4.74. The molecule has 43 heavy (non-hydrogen) atoms. The van der Waals surface area contributed by atoms with Crippen molar-refractivity contribution in [2.45, 2.75) is 37.9 Å². The van der Waals surface area contributed by atoms with E-state index in [9.17, 15) is 9.18 Å². The van der Waals surface area contributed by atoms with E-state index in [4.69, 9.17) is 32.9 Å². The first-order valence-electron chi connectivity index (χ1n) is 14.7. The molecule has 3 aliphatic heterocycles. The topological polar surface area (TPSA) is 69.4 Å². The molecule has 0 N–H and O–H groups in total. The third-order valence-electron chi connectivity index (χ3n) is 8.85. The Kier molecular flexibility index (Phi) is 8.37. The van der Waals surface area contributed by atoms with Gasteiger partial charge in [-0.2, -0.15) is 9.97 Å². The number of piperazine rings is 1. The maximum atomic E-state index is 13.8. The van der Waals surface area contributed by atoms with Gasteiger partial charge in [0, 0.05) is 48.9 Å². The fourth-order valence-corrected chi connectivity index (χ4v) is 6.83. The number of likely N-dealkylation sites (tertiary alicyclic amines) is 1. The molecule has 0 bridgehead atoms. The Morgan fingerprint density at radius 1 is 1.14 bits per heavy atom. The quantitative estimate of drug-likeness (QED) is 0.285. The van der Waals surface area contributed by atoms with Crippen molar-refractivity contribution in [3.63, 3.8) is 0 Å². The van der Waals surface area contributed by atoms with E-state index in [2.05, 4.69) is 51.4 Å². The first-order chi connectivity index (χ1) is 20.8. The van der Waals surface area contributed by atoms with Crippen LogP contribution in [0.3, 0.4) is 0 Å². The van der Waals surface area contributed by atoms with Crippen molar-refractivity contribution in [2.24, 2.45) is 0 Å². The van der Waals surface area contributed by atoms with E-state index in [1.165, 1.54) is 4.90 Å². The molecule has 2 aromatic carbocycles. The number of benzene rings is 2. The summed E-state index contributed by atoms with van der Waals surface area (Å²) in [7, 11) is 2.11. The third kappa shape index (κ3) is 5.84. The summed E-state index contributed by atoms with van der Waals surface area (Å²) in [6.45, 7) is 14.6. The van der Waals surface area contributed by atoms with E-state index < -0.39 is 17.8 Å². The van der Waals surface area contributed by atoms with Crippen LogP contribution in [0.4, 0.5) is 15.9 Å². The van der Waals surface area contributed by atoms with E-state index >= 15 is 0 Å². The summed E-state index contributed by atoms with van der Waals surface area (Å²) < 4.78 is 20.0. The summed E-state index contributed by atoms with van der Waals surface area (Å²) in [5.74, 6) is -1.01. The molecule has 0 aliphatic carbocycles. The second kappa shape index (κ2) is 12.3. The normalized spacial score (nSPS) is 20.7. The molecule has 0 radical (unpaired) electrons. The zero-order valence-corrected chi connectivity index (χ0v) is 25.1. The number of hydrogen-bond donors (Lipinski definition) is 0. The largest absolute Gasteiger partial charge is 0.462 e. The molecule has 3 aliphatic rings. The molecule has 6 rings (SSSR count). The van der Waals surface area contributed by atoms with Gasteiger partial charge in [-0.3, -0.25) is 4.79 Å². The Morgan fingerprint density at radius 3 is 2.70 bits per heavy atom. The number of rotatable bonds is 7. The summed E-state index contributed by atoms with van der Waals surface area (Å²) in [4.78, 5) is 34.0. The highest BCUT2D eigenvalue weighted by Crippen LogP contribution is 2.37. The zero-order valence-electron chi connectivity index (χ0n) is 24.3. The highest BCUT2D eigenvalue weighted by molar-refractivity contribution is 6.36. The molecule has 9 nitrogen and oxygen atoms in total. The van der Waals surface area contributed by atoms with E-state index in [1.807, 2.05) is 18.2 Å². The number of aromatic nitrogens is 2. The molecule has 2 fully saturated rings. The molecule has 2 saturated heterocycles. The smallest absolute Gasteiger partial charge is 0.318 e. The average Bonchev–Trinajstić information content (AvgIpc) is 3.43. The van der Waals surface area contributed by atoms with Gasteiger partial charge in [0.15, 0.2) is 5.83 Å². The van der Waals surface area contributed by atoms with Crippen molar-refractivity contribution in [2.75, 3.05) is 62.7 Å². The Bertz CT molecular complexity index is 1590. The molecule has 224 valence electrons. The van der Waals surface area contributed by atoms with Gasteiger partial charge in [-0.05, 0) is 50.4 Å². The third-order valence-corrected chi connectivity index (χ3v) is 9.16. The average molecular weight is 604 g/mol. The van der Waals surface area contributed by atoms with Gasteiger partial charge in [-0.25, -0.2) is 11.0 Å². The SMILES string of the molecule is [C-]#[N+]C[C@H]1CN(c2nc(OC[C@H]3CCCN3C)nc3c2CCN(c2cccc4cccc(Cl)c24)C3)CCN1C(=O)C(=C)F. The van der Waals surface area contributed by atoms with E-state index in [0.717, 1.165) is 59.5 Å². The number of halogens is 2. The lowest BCUT2D eigenvalue weighted by Gasteiger charge is -2.41. The van der Waals surface area contributed by atoms with Crippen LogP contribution in [0.1, 0.15) is 24.1 Å². The van der Waals surface area contributed by atoms with E-state index in [-0.39, 0.29) is 13.1 Å². The van der Waals surface area contributed by atoms with Crippen LogP contribution < -0.4 is 14.5 Å². The van der Waals surface area contributed by atoms with Gasteiger partial charge < -0.3 is 29.2 Å². The Labute approximate surface area is 256 Å². The number of nitrogens with zero attached hydrogens (tertiary/aromatic N) is 7. The minimum atomic E-state index is -1.01. The molecule has 3 aromatic rings. The van der Waals surface area contributed by atoms with Crippen LogP contribution in [0.5, 0.6) is 6.01 Å². The standard InChI is InChI=1S/C32H35ClFN7O2/c1-21(34)31(42)41-16-15-40(18-24(41)17-35-2)30-25-12-14-39(28-11-5-8-22-7-4-10-26(33)29(22)28)19-27(25)36-32(37-30)43-20-23-9-6-13-38(23)3/h4-5,7-8,10-11,23-24H,1,6,9,12-20H2,3H3/t23-,24+/m1/s1. The number of hydrogen-bond acceptors (Lipinski definition) is 7. The Hall–Kier alpha value is -3.94. The van der Waals surface area contributed by atoms with Crippen molar-refractivity contribution < 1.29 is 13.9 Å². The van der Waals surface area contributed by atoms with E-state index in [1.54, 1.807) is 0 Å². The van der Waals surface area contributed by atoms with E-state index in [0.29, 0.717) is 49.7 Å². The van der Waals surface area contributed by atoms with Crippen LogP contribution in [0.15, 0.2) is 48.8 Å². The van der Waals surface area contributed by atoms with Crippen LogP contribution in [-0.4, -0.2) is 90.7 Å². The van der Waals surface area contributed by atoms with Crippen LogP contribution in [0.25, 0.3) is 15.6 Å². The summed E-state index contributed by atoms with van der Waals surface area (Å²) in [5.41, 5.74) is 2.97. The maximum absolute atomic E-state index is 13.8. The van der Waals surface area contributed by atoms with Gasteiger partial charge in [0.2, 0.25) is 6.54 Å².